The van der Waals surface area contributed by atoms with E-state index in [9.17, 15) is 13.2 Å². The van der Waals surface area contributed by atoms with Crippen molar-refractivity contribution < 1.29 is 13.2 Å². The first-order valence-electron chi connectivity index (χ1n) is 12.0. The lowest BCUT2D eigenvalue weighted by Gasteiger charge is -2.27. The Labute approximate surface area is 213 Å². The second kappa shape index (κ2) is 10.8. The number of carbonyl (C=O) groups is 1. The summed E-state index contributed by atoms with van der Waals surface area (Å²) in [5.74, 6) is -0.384. The topological polar surface area (TPSA) is 66.5 Å². The van der Waals surface area contributed by atoms with Crippen LogP contribution in [0.15, 0.2) is 71.6 Å². The number of hydrogen-bond donors (Lipinski definition) is 1. The third-order valence-electron chi connectivity index (χ3n) is 6.54. The molecule has 1 amide bonds. The zero-order valence-electron chi connectivity index (χ0n) is 20.1. The molecule has 3 aromatic carbocycles. The van der Waals surface area contributed by atoms with Gasteiger partial charge < -0.3 is 5.32 Å². The van der Waals surface area contributed by atoms with E-state index in [1.165, 1.54) is 24.0 Å². The number of sulfonamides is 1. The number of carbonyl (C=O) groups excluding carboxylic acids is 1. The minimum Gasteiger partial charge on any atom is -0.348 e. The van der Waals surface area contributed by atoms with Gasteiger partial charge in [-0.3, -0.25) is 9.10 Å². The van der Waals surface area contributed by atoms with Crippen LogP contribution in [-0.4, -0.2) is 20.9 Å². The molecule has 1 aliphatic rings. The molecular formula is C28H31ClN2O3S. The predicted molar refractivity (Wildman–Crippen MR) is 141 cm³/mol. The molecule has 1 aliphatic carbocycles. The van der Waals surface area contributed by atoms with E-state index in [0.29, 0.717) is 6.42 Å². The fraction of sp³-hybridized carbons (Fsp3) is 0.321. The van der Waals surface area contributed by atoms with Gasteiger partial charge in [-0.2, -0.15) is 0 Å². The smallest absolute Gasteiger partial charge is 0.264 e. The van der Waals surface area contributed by atoms with Crippen LogP contribution in [0.4, 0.5) is 5.69 Å². The Morgan fingerprint density at radius 1 is 1.00 bits per heavy atom. The third kappa shape index (κ3) is 5.71. The van der Waals surface area contributed by atoms with Crippen LogP contribution >= 0.6 is 11.6 Å². The molecule has 0 aliphatic heterocycles. The fourth-order valence-electron chi connectivity index (χ4n) is 4.55. The number of benzene rings is 3. The molecule has 1 atom stereocenters. The standard InChI is InChI=1S/C28H31ClN2O3S/c1-3-26(23-15-14-21-8-4-5-9-22(21)18-23)30-28(32)19-31(27-11-7-6-10-25(27)29)35(33,34)24-16-12-20(2)13-17-24/h6-7,10-18,26H,3-5,8-9,19H2,1-2H3,(H,30,32)/t26-/m1/s1. The van der Waals surface area contributed by atoms with Crippen LogP contribution in [0.3, 0.4) is 0 Å². The van der Waals surface area contributed by atoms with E-state index in [1.54, 1.807) is 48.5 Å². The molecule has 184 valence electrons. The average Bonchev–Trinajstić information content (AvgIpc) is 2.86. The third-order valence-corrected chi connectivity index (χ3v) is 8.63. The number of halogens is 1. The highest BCUT2D eigenvalue weighted by atomic mass is 35.5. The maximum atomic E-state index is 13.6. The lowest BCUT2D eigenvalue weighted by molar-refractivity contribution is -0.120. The Morgan fingerprint density at radius 2 is 1.69 bits per heavy atom. The van der Waals surface area contributed by atoms with Gasteiger partial charge in [0.15, 0.2) is 0 Å². The number of nitrogens with zero attached hydrogens (tertiary/aromatic N) is 1. The predicted octanol–water partition coefficient (Wildman–Crippen LogP) is 5.99. The number of aryl methyl sites for hydroxylation is 3. The number of fused-ring (bicyclic) bond motifs is 1. The highest BCUT2D eigenvalue weighted by Gasteiger charge is 2.29. The first-order chi connectivity index (χ1) is 16.8. The lowest BCUT2D eigenvalue weighted by atomic mass is 9.89. The minimum atomic E-state index is -4.02. The Morgan fingerprint density at radius 3 is 2.37 bits per heavy atom. The van der Waals surface area contributed by atoms with Crippen LogP contribution in [0.2, 0.25) is 5.02 Å². The van der Waals surface area contributed by atoms with E-state index in [-0.39, 0.29) is 34.1 Å². The van der Waals surface area contributed by atoms with E-state index in [0.717, 1.165) is 28.3 Å². The summed E-state index contributed by atoms with van der Waals surface area (Å²) in [6, 6.07) is 19.5. The Hall–Kier alpha value is -2.83. The van der Waals surface area contributed by atoms with Gasteiger partial charge in [0.2, 0.25) is 5.91 Å². The largest absolute Gasteiger partial charge is 0.348 e. The zero-order valence-corrected chi connectivity index (χ0v) is 21.7. The van der Waals surface area contributed by atoms with Crippen molar-refractivity contribution in [2.24, 2.45) is 0 Å². The maximum absolute atomic E-state index is 13.6. The van der Waals surface area contributed by atoms with Gasteiger partial charge >= 0.3 is 0 Å². The van der Waals surface area contributed by atoms with Crippen LogP contribution < -0.4 is 9.62 Å². The molecule has 0 bridgehead atoms. The molecule has 0 spiro atoms. The molecule has 0 heterocycles. The summed E-state index contributed by atoms with van der Waals surface area (Å²) >= 11 is 6.38. The van der Waals surface area contributed by atoms with Crippen LogP contribution in [0.5, 0.6) is 0 Å². The molecule has 0 fully saturated rings. The van der Waals surface area contributed by atoms with Gasteiger partial charge in [0.1, 0.15) is 6.54 Å². The van der Waals surface area contributed by atoms with Gasteiger partial charge in [0.25, 0.3) is 10.0 Å². The SMILES string of the molecule is CC[C@@H](NC(=O)CN(c1ccccc1Cl)S(=O)(=O)c1ccc(C)cc1)c1ccc2c(c1)CCCC2. The summed E-state index contributed by atoms with van der Waals surface area (Å²) in [6.45, 7) is 3.53. The molecule has 3 aromatic rings. The Balaban J connectivity index is 1.61. The molecule has 0 saturated carbocycles. The molecule has 5 nitrogen and oxygen atoms in total. The van der Waals surface area contributed by atoms with Crippen molar-refractivity contribution in [2.75, 3.05) is 10.8 Å². The summed E-state index contributed by atoms with van der Waals surface area (Å²) in [7, 11) is -4.02. The van der Waals surface area contributed by atoms with E-state index >= 15 is 0 Å². The van der Waals surface area contributed by atoms with Crippen LogP contribution in [0.1, 0.15) is 54.5 Å². The van der Waals surface area contributed by atoms with Gasteiger partial charge in [-0.25, -0.2) is 8.42 Å². The van der Waals surface area contributed by atoms with Crippen LogP contribution in [0, 0.1) is 6.92 Å². The average molecular weight is 511 g/mol. The number of nitrogens with one attached hydrogen (secondary N) is 1. The zero-order chi connectivity index (χ0) is 25.0. The van der Waals surface area contributed by atoms with Crippen molar-refractivity contribution in [3.63, 3.8) is 0 Å². The number of para-hydroxylation sites is 1. The molecule has 0 unspecified atom stereocenters. The van der Waals surface area contributed by atoms with Gasteiger partial charge in [-0.1, -0.05) is 66.6 Å². The minimum absolute atomic E-state index is 0.109. The van der Waals surface area contributed by atoms with Crippen LogP contribution in [-0.2, 0) is 27.7 Å². The summed E-state index contributed by atoms with van der Waals surface area (Å²) < 4.78 is 28.3. The van der Waals surface area contributed by atoms with Crippen molar-refractivity contribution in [1.29, 1.82) is 0 Å². The van der Waals surface area contributed by atoms with Gasteiger partial charge in [-0.05, 0) is 80.0 Å². The first kappa shape index (κ1) is 25.3. The normalized spacial score (nSPS) is 14.1. The molecule has 1 N–H and O–H groups in total. The first-order valence-corrected chi connectivity index (χ1v) is 13.9. The van der Waals surface area contributed by atoms with E-state index in [4.69, 9.17) is 11.6 Å². The number of anilines is 1. The summed E-state index contributed by atoms with van der Waals surface area (Å²) in [5.41, 5.74) is 5.00. The monoisotopic (exact) mass is 510 g/mol. The molecule has 35 heavy (non-hydrogen) atoms. The second-order valence-corrected chi connectivity index (χ2v) is 11.3. The highest BCUT2D eigenvalue weighted by Crippen LogP contribution is 2.31. The summed E-state index contributed by atoms with van der Waals surface area (Å²) in [5, 5.41) is 3.32. The number of rotatable bonds is 8. The second-order valence-electron chi connectivity index (χ2n) is 9.04. The van der Waals surface area contributed by atoms with E-state index in [1.807, 2.05) is 13.8 Å². The molecule has 4 rings (SSSR count). The van der Waals surface area contributed by atoms with Crippen molar-refractivity contribution in [2.45, 2.75) is 56.9 Å². The Kier molecular flexibility index (Phi) is 7.82. The van der Waals surface area contributed by atoms with Crippen LogP contribution in [0.25, 0.3) is 0 Å². The number of hydrogen-bond acceptors (Lipinski definition) is 3. The quantitative estimate of drug-likeness (QED) is 0.404. The van der Waals surface area contributed by atoms with Crippen molar-refractivity contribution >= 4 is 33.2 Å². The van der Waals surface area contributed by atoms with E-state index in [2.05, 4.69) is 23.5 Å². The lowest BCUT2D eigenvalue weighted by Crippen LogP contribution is -2.42. The Bertz CT molecular complexity index is 1310. The van der Waals surface area contributed by atoms with E-state index < -0.39 is 10.0 Å². The van der Waals surface area contributed by atoms with Crippen molar-refractivity contribution in [3.05, 3.63) is 94.0 Å². The molecule has 0 saturated heterocycles. The van der Waals surface area contributed by atoms with Crippen molar-refractivity contribution in [3.8, 4) is 0 Å². The molecule has 0 radical (unpaired) electrons. The molecule has 7 heteroatoms. The maximum Gasteiger partial charge on any atom is 0.264 e. The van der Waals surface area contributed by atoms with Gasteiger partial charge in [0, 0.05) is 0 Å². The number of amides is 1. The molecule has 0 aromatic heterocycles. The van der Waals surface area contributed by atoms with Crippen molar-refractivity contribution in [1.82, 2.24) is 5.32 Å². The molecular weight excluding hydrogens is 480 g/mol. The summed E-state index contributed by atoms with van der Waals surface area (Å²) in [6.07, 6.45) is 5.25. The fourth-order valence-corrected chi connectivity index (χ4v) is 6.28. The van der Waals surface area contributed by atoms with Gasteiger partial charge in [0.05, 0.1) is 21.6 Å². The highest BCUT2D eigenvalue weighted by molar-refractivity contribution is 7.92. The van der Waals surface area contributed by atoms with Gasteiger partial charge in [-0.15, -0.1) is 0 Å². The summed E-state index contributed by atoms with van der Waals surface area (Å²) in [4.78, 5) is 13.4.